The number of hydrogen-bond acceptors (Lipinski definition) is 9. The standard InChI is InChI=1S/C26H20FN3O4S3/c1-2-34-18-11-7-16(8-12-18)22(31)20-21(19-4-3-13-35-19)30(24(33)23(20)32)25-28-29-26(37-25)36-14-15-5-9-17(27)10-6-15/h3-13,21,31H,2,14H2,1H3/b22-20-. The normalized spacial score (nSPS) is 16.9. The zero-order chi connectivity index (χ0) is 25.9. The smallest absolute Gasteiger partial charge is 0.301 e. The Hall–Kier alpha value is -3.54. The van der Waals surface area contributed by atoms with Gasteiger partial charge in [0.1, 0.15) is 23.4 Å². The van der Waals surface area contributed by atoms with Gasteiger partial charge in [-0.25, -0.2) is 4.39 Å². The van der Waals surface area contributed by atoms with Crippen LogP contribution in [0.1, 0.15) is 29.0 Å². The number of nitrogens with zero attached hydrogens (tertiary/aromatic N) is 3. The number of aliphatic hydroxyl groups is 1. The van der Waals surface area contributed by atoms with E-state index in [1.807, 2.05) is 24.4 Å². The number of halogens is 1. The lowest BCUT2D eigenvalue weighted by molar-refractivity contribution is -0.132. The number of amides is 1. The van der Waals surface area contributed by atoms with Crippen molar-refractivity contribution in [1.82, 2.24) is 10.2 Å². The molecule has 1 aliphatic rings. The zero-order valence-electron chi connectivity index (χ0n) is 19.5. The van der Waals surface area contributed by atoms with Crippen molar-refractivity contribution in [3.8, 4) is 5.75 Å². The molecule has 2 aromatic heterocycles. The van der Waals surface area contributed by atoms with E-state index in [2.05, 4.69) is 10.2 Å². The fourth-order valence-corrected chi connectivity index (χ4v) is 6.51. The minimum atomic E-state index is -0.838. The van der Waals surface area contributed by atoms with Crippen LogP contribution in [0.3, 0.4) is 0 Å². The summed E-state index contributed by atoms with van der Waals surface area (Å²) in [5.41, 5.74) is 1.31. The van der Waals surface area contributed by atoms with Crippen molar-refractivity contribution in [2.45, 2.75) is 23.1 Å². The van der Waals surface area contributed by atoms with Crippen molar-refractivity contribution in [2.75, 3.05) is 11.5 Å². The van der Waals surface area contributed by atoms with E-state index in [9.17, 15) is 19.1 Å². The molecule has 0 aliphatic carbocycles. The molecule has 1 atom stereocenters. The van der Waals surface area contributed by atoms with Crippen molar-refractivity contribution in [2.24, 2.45) is 0 Å². The van der Waals surface area contributed by atoms with E-state index in [4.69, 9.17) is 4.74 Å². The molecule has 1 fully saturated rings. The Morgan fingerprint density at radius 1 is 1.11 bits per heavy atom. The third-order valence-electron chi connectivity index (χ3n) is 5.57. The highest BCUT2D eigenvalue weighted by atomic mass is 32.2. The molecular formula is C26H20FN3O4S3. The monoisotopic (exact) mass is 553 g/mol. The molecule has 0 saturated carbocycles. The first-order valence-electron chi connectivity index (χ1n) is 11.2. The molecule has 0 bridgehead atoms. The summed E-state index contributed by atoms with van der Waals surface area (Å²) in [7, 11) is 0. The van der Waals surface area contributed by atoms with Crippen LogP contribution in [0.2, 0.25) is 0 Å². The maximum absolute atomic E-state index is 13.2. The molecule has 4 aromatic rings. The summed E-state index contributed by atoms with van der Waals surface area (Å²) in [6, 6.07) is 15.7. The van der Waals surface area contributed by atoms with E-state index in [0.29, 0.717) is 32.9 Å². The lowest BCUT2D eigenvalue weighted by Gasteiger charge is -2.20. The van der Waals surface area contributed by atoms with Gasteiger partial charge in [0.05, 0.1) is 12.2 Å². The van der Waals surface area contributed by atoms with Crippen molar-refractivity contribution < 1.29 is 23.8 Å². The molecule has 5 rings (SSSR count). The first-order chi connectivity index (χ1) is 18.0. The van der Waals surface area contributed by atoms with E-state index in [0.717, 1.165) is 5.56 Å². The second-order valence-corrected chi connectivity index (χ2v) is 11.1. The van der Waals surface area contributed by atoms with Gasteiger partial charge < -0.3 is 9.84 Å². The first-order valence-corrected chi connectivity index (χ1v) is 13.9. The average Bonchev–Trinajstić information content (AvgIpc) is 3.65. The number of ketones is 1. The summed E-state index contributed by atoms with van der Waals surface area (Å²) in [6.45, 7) is 2.37. The number of aromatic nitrogens is 2. The average molecular weight is 554 g/mol. The van der Waals surface area contributed by atoms with Crippen LogP contribution in [0.4, 0.5) is 9.52 Å². The highest BCUT2D eigenvalue weighted by molar-refractivity contribution is 8.00. The van der Waals surface area contributed by atoms with E-state index in [-0.39, 0.29) is 22.3 Å². The molecule has 2 aromatic carbocycles. The first kappa shape index (κ1) is 25.1. The summed E-state index contributed by atoms with van der Waals surface area (Å²) in [5.74, 6) is -0.967. The maximum atomic E-state index is 13.2. The summed E-state index contributed by atoms with van der Waals surface area (Å²) < 4.78 is 19.2. The number of anilines is 1. The van der Waals surface area contributed by atoms with Crippen LogP contribution in [0.25, 0.3) is 5.76 Å². The highest BCUT2D eigenvalue weighted by Crippen LogP contribution is 2.45. The number of Topliss-reactive ketones (excluding diaryl/α,β-unsaturated/α-hetero) is 1. The van der Waals surface area contributed by atoms with Crippen LogP contribution in [-0.4, -0.2) is 33.6 Å². The molecule has 0 spiro atoms. The highest BCUT2D eigenvalue weighted by Gasteiger charge is 2.48. The summed E-state index contributed by atoms with van der Waals surface area (Å²) in [5, 5.41) is 21.7. The number of carbonyl (C=O) groups is 2. The Bertz CT molecular complexity index is 1450. The van der Waals surface area contributed by atoms with E-state index < -0.39 is 17.7 Å². The van der Waals surface area contributed by atoms with Crippen LogP contribution < -0.4 is 9.64 Å². The molecular weight excluding hydrogens is 534 g/mol. The van der Waals surface area contributed by atoms with Gasteiger partial charge >= 0.3 is 5.91 Å². The van der Waals surface area contributed by atoms with Gasteiger partial charge in [-0.05, 0) is 60.3 Å². The molecule has 3 heterocycles. The Labute approximate surface area is 224 Å². The third-order valence-corrected chi connectivity index (χ3v) is 8.63. The summed E-state index contributed by atoms with van der Waals surface area (Å²) in [4.78, 5) is 28.5. The number of benzene rings is 2. The SMILES string of the molecule is CCOc1ccc(/C(O)=C2/C(=O)C(=O)N(c3nnc(SCc4ccc(F)cc4)s3)C2c2cccs2)cc1. The number of thioether (sulfide) groups is 1. The molecule has 1 N–H and O–H groups in total. The summed E-state index contributed by atoms with van der Waals surface area (Å²) >= 11 is 3.95. The zero-order valence-corrected chi connectivity index (χ0v) is 21.9. The van der Waals surface area contributed by atoms with Crippen molar-refractivity contribution in [3.05, 3.63) is 93.4 Å². The molecule has 1 aliphatic heterocycles. The molecule has 11 heteroatoms. The lowest BCUT2D eigenvalue weighted by atomic mass is 10.00. The van der Waals surface area contributed by atoms with Gasteiger partial charge in [0, 0.05) is 16.2 Å². The third kappa shape index (κ3) is 5.15. The molecule has 1 saturated heterocycles. The fraction of sp³-hybridized carbons (Fsp3) is 0.154. The van der Waals surface area contributed by atoms with Gasteiger partial charge in [-0.1, -0.05) is 41.3 Å². The Morgan fingerprint density at radius 3 is 2.54 bits per heavy atom. The molecule has 7 nitrogen and oxygen atoms in total. The number of hydrogen-bond donors (Lipinski definition) is 1. The quantitative estimate of drug-likeness (QED) is 0.0933. The van der Waals surface area contributed by atoms with Crippen LogP contribution >= 0.6 is 34.4 Å². The number of aliphatic hydroxyl groups excluding tert-OH is 1. The number of rotatable bonds is 8. The van der Waals surface area contributed by atoms with E-state index >= 15 is 0 Å². The largest absolute Gasteiger partial charge is 0.507 e. The van der Waals surface area contributed by atoms with E-state index in [1.54, 1.807) is 36.4 Å². The van der Waals surface area contributed by atoms with Gasteiger partial charge in [0.25, 0.3) is 5.78 Å². The number of carbonyl (C=O) groups excluding carboxylic acids is 2. The second-order valence-electron chi connectivity index (χ2n) is 7.91. The van der Waals surface area contributed by atoms with Gasteiger partial charge in [-0.2, -0.15) is 0 Å². The fourth-order valence-electron chi connectivity index (χ4n) is 3.86. The molecule has 1 unspecified atom stereocenters. The molecule has 1 amide bonds. The molecule has 37 heavy (non-hydrogen) atoms. The molecule has 0 radical (unpaired) electrons. The topological polar surface area (TPSA) is 92.6 Å². The van der Waals surface area contributed by atoms with Gasteiger partial charge in [0.15, 0.2) is 4.34 Å². The van der Waals surface area contributed by atoms with E-state index in [1.165, 1.54) is 51.5 Å². The number of thiophene rings is 1. The Balaban J connectivity index is 1.47. The van der Waals surface area contributed by atoms with Crippen LogP contribution in [0.15, 0.2) is 76.0 Å². The Morgan fingerprint density at radius 2 is 1.86 bits per heavy atom. The lowest BCUT2D eigenvalue weighted by Crippen LogP contribution is -2.29. The minimum Gasteiger partial charge on any atom is -0.507 e. The van der Waals surface area contributed by atoms with Crippen molar-refractivity contribution in [3.63, 3.8) is 0 Å². The van der Waals surface area contributed by atoms with Gasteiger partial charge in [-0.15, -0.1) is 21.5 Å². The van der Waals surface area contributed by atoms with Crippen molar-refractivity contribution in [1.29, 1.82) is 0 Å². The summed E-state index contributed by atoms with van der Waals surface area (Å²) in [6.07, 6.45) is 0. The Kier molecular flexibility index (Phi) is 7.36. The van der Waals surface area contributed by atoms with Gasteiger partial charge in [-0.3, -0.25) is 14.5 Å². The predicted octanol–water partition coefficient (Wildman–Crippen LogP) is 6.06. The maximum Gasteiger partial charge on any atom is 0.301 e. The number of ether oxygens (including phenoxy) is 1. The molecule has 188 valence electrons. The van der Waals surface area contributed by atoms with Gasteiger partial charge in [0.2, 0.25) is 5.13 Å². The van der Waals surface area contributed by atoms with Crippen LogP contribution in [0.5, 0.6) is 5.75 Å². The van der Waals surface area contributed by atoms with Crippen LogP contribution in [0, 0.1) is 5.82 Å². The second kappa shape index (κ2) is 10.8. The predicted molar refractivity (Wildman–Crippen MR) is 143 cm³/mol. The minimum absolute atomic E-state index is 0.00711. The van der Waals surface area contributed by atoms with Crippen molar-refractivity contribution >= 4 is 57.0 Å². The van der Waals surface area contributed by atoms with Crippen LogP contribution in [-0.2, 0) is 15.3 Å².